The number of benzene rings is 3. The number of carbonyl (C=O) groups excluding carboxylic acids is 1. The van der Waals surface area contributed by atoms with Crippen LogP contribution in [0.25, 0.3) is 0 Å². The lowest BCUT2D eigenvalue weighted by molar-refractivity contribution is -0.367. The predicted molar refractivity (Wildman–Crippen MR) is 198 cm³/mol. The Morgan fingerprint density at radius 3 is 1.65 bits per heavy atom. The van der Waals surface area contributed by atoms with E-state index in [0.29, 0.717) is 0 Å². The van der Waals surface area contributed by atoms with Crippen molar-refractivity contribution in [3.63, 3.8) is 0 Å². The number of ether oxygens (including phenoxy) is 8. The highest BCUT2D eigenvalue weighted by atomic mass is 16.7. The topological polar surface area (TPSA) is 224 Å². The molecule has 3 saturated heterocycles. The maximum atomic E-state index is 12.6. The second-order valence-electron chi connectivity index (χ2n) is 14.5. The van der Waals surface area contributed by atoms with Crippen LogP contribution in [0.1, 0.15) is 30.5 Å². The number of hydrogen-bond acceptors (Lipinski definition) is 15. The third kappa shape index (κ3) is 11.2. The molecule has 7 N–H and O–H groups in total. The molecule has 3 aromatic carbocycles. The van der Waals surface area contributed by atoms with Gasteiger partial charge in [-0.2, -0.15) is 0 Å². The minimum absolute atomic E-state index is 0.0323. The monoisotopic (exact) mass is 799 g/mol. The summed E-state index contributed by atoms with van der Waals surface area (Å²) >= 11 is 0. The first-order chi connectivity index (χ1) is 27.5. The van der Waals surface area contributed by atoms with E-state index in [9.17, 15) is 35.4 Å². The number of amides is 1. The number of rotatable bonds is 16. The molecule has 0 spiro atoms. The van der Waals surface area contributed by atoms with Crippen LogP contribution < -0.4 is 5.32 Å². The molecule has 312 valence electrons. The minimum atomic E-state index is -1.78. The Morgan fingerprint density at radius 2 is 1.09 bits per heavy atom. The smallest absolute Gasteiger partial charge is 0.217 e. The van der Waals surface area contributed by atoms with Gasteiger partial charge in [0.05, 0.1) is 39.1 Å². The van der Waals surface area contributed by atoms with E-state index < -0.39 is 98.0 Å². The maximum absolute atomic E-state index is 12.6. The van der Waals surface area contributed by atoms with Crippen LogP contribution in [0, 0.1) is 0 Å². The fourth-order valence-electron chi connectivity index (χ4n) is 7.04. The highest BCUT2D eigenvalue weighted by Crippen LogP contribution is 2.34. The van der Waals surface area contributed by atoms with Gasteiger partial charge in [-0.25, -0.2) is 0 Å². The van der Waals surface area contributed by atoms with Crippen molar-refractivity contribution in [1.29, 1.82) is 0 Å². The van der Waals surface area contributed by atoms with Gasteiger partial charge in [-0.3, -0.25) is 4.79 Å². The van der Waals surface area contributed by atoms with E-state index in [4.69, 9.17) is 37.9 Å². The summed E-state index contributed by atoms with van der Waals surface area (Å²) in [5, 5.41) is 69.7. The SMILES string of the molecule is CC(=O)N[C@H]1[C@H](O[C@@H]2[C@H](O)[C@H](C)O[C@@H](O)[C@H]2OCc2ccccc2)O[C@H](COCc2ccccc2)[C@@H](O[C@@H]2O[C@H](COCc3ccccc3)[C@H](O)[C@H](O)[C@H]2O)[C@@H]1O. The van der Waals surface area contributed by atoms with E-state index in [1.54, 1.807) is 6.92 Å². The average Bonchev–Trinajstić information content (AvgIpc) is 3.21. The van der Waals surface area contributed by atoms with Gasteiger partial charge in [-0.05, 0) is 23.6 Å². The molecule has 0 radical (unpaired) electrons. The molecule has 0 aromatic heterocycles. The molecular formula is C41H53NO15. The van der Waals surface area contributed by atoms with Crippen molar-refractivity contribution in [2.45, 2.75) is 126 Å². The van der Waals surface area contributed by atoms with Gasteiger partial charge in [0.25, 0.3) is 0 Å². The number of carbonyl (C=O) groups is 1. The Kier molecular flexibility index (Phi) is 15.5. The predicted octanol–water partition coefficient (Wildman–Crippen LogP) is 0.272. The van der Waals surface area contributed by atoms with Gasteiger partial charge in [0, 0.05) is 6.92 Å². The standard InChI is InChI=1S/C41H53NO15/c1-23-31(44)37(38(39(49)53-23)52-20-27-16-10-5-11-17-27)57-40-30(42-24(2)43)33(46)36(29(55-40)22-51-19-26-14-8-4-9-15-26)56-41-35(48)34(47)32(45)28(54-41)21-50-18-25-12-6-3-7-13-25/h3-17,23,28-41,44-49H,18-22H2,1-2H3,(H,42,43)/t23-,28+,29+,30+,31+,32-,33+,34-,35+,36+,37+,38-,39+,40-,41-/m0/s1. The second kappa shape index (κ2) is 20.5. The van der Waals surface area contributed by atoms with E-state index in [0.717, 1.165) is 16.7 Å². The molecule has 3 aromatic rings. The van der Waals surface area contributed by atoms with Crippen molar-refractivity contribution >= 4 is 5.91 Å². The zero-order valence-corrected chi connectivity index (χ0v) is 31.7. The van der Waals surface area contributed by atoms with Crippen LogP contribution >= 0.6 is 0 Å². The largest absolute Gasteiger partial charge is 0.388 e. The van der Waals surface area contributed by atoms with Crippen molar-refractivity contribution in [3.05, 3.63) is 108 Å². The molecule has 3 aliphatic rings. The summed E-state index contributed by atoms with van der Waals surface area (Å²) in [5.74, 6) is -0.574. The van der Waals surface area contributed by atoms with E-state index >= 15 is 0 Å². The van der Waals surface area contributed by atoms with E-state index in [2.05, 4.69) is 5.32 Å². The summed E-state index contributed by atoms with van der Waals surface area (Å²) in [7, 11) is 0. The minimum Gasteiger partial charge on any atom is -0.388 e. The highest BCUT2D eigenvalue weighted by Gasteiger charge is 2.54. The van der Waals surface area contributed by atoms with Crippen molar-refractivity contribution in [3.8, 4) is 0 Å². The molecule has 15 atom stereocenters. The van der Waals surface area contributed by atoms with Gasteiger partial charge >= 0.3 is 0 Å². The molecule has 0 unspecified atom stereocenters. The quantitative estimate of drug-likeness (QED) is 0.103. The van der Waals surface area contributed by atoms with Crippen LogP contribution in [-0.2, 0) is 62.5 Å². The molecule has 3 aliphatic heterocycles. The van der Waals surface area contributed by atoms with Crippen LogP contribution in [-0.4, -0.2) is 142 Å². The molecule has 3 fully saturated rings. The number of aliphatic hydroxyl groups is 6. The van der Waals surface area contributed by atoms with Crippen LogP contribution in [0.15, 0.2) is 91.0 Å². The zero-order chi connectivity index (χ0) is 40.5. The Bertz CT molecular complexity index is 1640. The lowest BCUT2D eigenvalue weighted by Crippen LogP contribution is -2.69. The third-order valence-corrected chi connectivity index (χ3v) is 10.1. The van der Waals surface area contributed by atoms with E-state index in [1.165, 1.54) is 6.92 Å². The Hall–Kier alpha value is -3.43. The molecular weight excluding hydrogens is 746 g/mol. The summed E-state index contributed by atoms with van der Waals surface area (Å²) in [6.45, 7) is 2.72. The number of hydrogen-bond donors (Lipinski definition) is 7. The van der Waals surface area contributed by atoms with Gasteiger partial charge in [0.15, 0.2) is 18.9 Å². The molecule has 0 bridgehead atoms. The van der Waals surface area contributed by atoms with E-state index in [-0.39, 0.29) is 33.0 Å². The Balaban J connectivity index is 1.23. The van der Waals surface area contributed by atoms with Crippen LogP contribution in [0.2, 0.25) is 0 Å². The Morgan fingerprint density at radius 1 is 0.579 bits per heavy atom. The highest BCUT2D eigenvalue weighted by molar-refractivity contribution is 5.73. The van der Waals surface area contributed by atoms with Crippen LogP contribution in [0.4, 0.5) is 0 Å². The summed E-state index contributed by atoms with van der Waals surface area (Å²) in [4.78, 5) is 12.6. The first-order valence-electron chi connectivity index (χ1n) is 19.0. The van der Waals surface area contributed by atoms with Gasteiger partial charge in [0.2, 0.25) is 5.91 Å². The van der Waals surface area contributed by atoms with Crippen molar-refractivity contribution in [2.24, 2.45) is 0 Å². The summed E-state index contributed by atoms with van der Waals surface area (Å²) < 4.78 is 48.3. The fraction of sp³-hybridized carbons (Fsp3) is 0.537. The van der Waals surface area contributed by atoms with Gasteiger partial charge in [-0.15, -0.1) is 0 Å². The number of nitrogens with one attached hydrogen (secondary N) is 1. The van der Waals surface area contributed by atoms with Crippen LogP contribution in [0.5, 0.6) is 0 Å². The van der Waals surface area contributed by atoms with Gasteiger partial charge < -0.3 is 73.9 Å². The summed E-state index contributed by atoms with van der Waals surface area (Å²) in [5.41, 5.74) is 2.48. The van der Waals surface area contributed by atoms with Crippen molar-refractivity contribution < 1.29 is 73.3 Å². The molecule has 57 heavy (non-hydrogen) atoms. The molecule has 16 heteroatoms. The summed E-state index contributed by atoms with van der Waals surface area (Å²) in [6.07, 6.45) is -19.8. The third-order valence-electron chi connectivity index (χ3n) is 10.1. The molecule has 3 heterocycles. The average molecular weight is 800 g/mol. The van der Waals surface area contributed by atoms with Crippen molar-refractivity contribution in [1.82, 2.24) is 5.32 Å². The zero-order valence-electron chi connectivity index (χ0n) is 31.7. The Labute approximate surface area is 330 Å². The maximum Gasteiger partial charge on any atom is 0.217 e. The first kappa shape index (κ1) is 43.2. The molecule has 16 nitrogen and oxygen atoms in total. The molecule has 1 amide bonds. The molecule has 0 aliphatic carbocycles. The fourth-order valence-corrected chi connectivity index (χ4v) is 7.04. The van der Waals surface area contributed by atoms with Crippen molar-refractivity contribution in [2.75, 3.05) is 13.2 Å². The normalized spacial score (nSPS) is 35.8. The van der Waals surface area contributed by atoms with Gasteiger partial charge in [-0.1, -0.05) is 91.0 Å². The first-order valence-corrected chi connectivity index (χ1v) is 19.0. The lowest BCUT2D eigenvalue weighted by atomic mass is 9.94. The second-order valence-corrected chi connectivity index (χ2v) is 14.5. The van der Waals surface area contributed by atoms with E-state index in [1.807, 2.05) is 91.0 Å². The summed E-state index contributed by atoms with van der Waals surface area (Å²) in [6, 6.07) is 26.3. The van der Waals surface area contributed by atoms with Gasteiger partial charge in [0.1, 0.15) is 67.1 Å². The molecule has 6 rings (SSSR count). The lowest BCUT2D eigenvalue weighted by Gasteiger charge is -2.49. The molecule has 0 saturated carbocycles. The van der Waals surface area contributed by atoms with Crippen LogP contribution in [0.3, 0.4) is 0 Å². The number of aliphatic hydroxyl groups excluding tert-OH is 6.